The summed E-state index contributed by atoms with van der Waals surface area (Å²) in [6.45, 7) is -4.34. The monoisotopic (exact) mass is 183 g/mol. The molecule has 2 nitrogen and oxygen atoms in total. The number of aromatic nitrogens is 2. The summed E-state index contributed by atoms with van der Waals surface area (Å²) in [5.41, 5.74) is 0. The molecule has 0 unspecified atom stereocenters. The Bertz CT molecular complexity index is 243. The summed E-state index contributed by atoms with van der Waals surface area (Å²) in [5, 5.41) is 0. The molecule has 0 spiro atoms. The van der Waals surface area contributed by atoms with Crippen LogP contribution in [0.5, 0.6) is 0 Å². The summed E-state index contributed by atoms with van der Waals surface area (Å²) in [6.07, 6.45) is 1.85. The maximum absolute atomic E-state index is 12.0. The Hall–Kier alpha value is -1.07. The van der Waals surface area contributed by atoms with Crippen molar-refractivity contribution in [3.63, 3.8) is 0 Å². The van der Waals surface area contributed by atoms with Gasteiger partial charge in [0.1, 0.15) is 12.4 Å². The first-order chi connectivity index (χ1) is 5.54. The molecule has 1 aromatic heterocycles. The van der Waals surface area contributed by atoms with Gasteiger partial charge in [-0.15, -0.1) is 0 Å². The molecule has 0 aromatic carbocycles. The van der Waals surface area contributed by atoms with Crippen LogP contribution >= 0.6 is 0 Å². The smallest absolute Gasteiger partial charge is 0.175 e. The van der Waals surface area contributed by atoms with Gasteiger partial charge in [0, 0.05) is 6.92 Å². The van der Waals surface area contributed by atoms with Gasteiger partial charge < -0.3 is 0 Å². The summed E-state index contributed by atoms with van der Waals surface area (Å²) >= 11 is 0. The maximum atomic E-state index is 12.0. The molecular formula is C6H7F4N2+. The van der Waals surface area contributed by atoms with Crippen LogP contribution in [0.2, 0.25) is 0 Å². The van der Waals surface area contributed by atoms with E-state index in [1.165, 1.54) is 6.92 Å². The Morgan fingerprint density at radius 3 is 2.17 bits per heavy atom. The van der Waals surface area contributed by atoms with Gasteiger partial charge in [-0.2, -0.15) is 26.7 Å². The molecule has 1 rings (SSSR count). The molecule has 6 heteroatoms. The minimum Gasteiger partial charge on any atom is -0.175 e. The molecule has 1 heterocycles. The third-order valence-electron chi connectivity index (χ3n) is 1.56. The van der Waals surface area contributed by atoms with E-state index >= 15 is 0 Å². The number of hydrogen-bond acceptors (Lipinski definition) is 0. The summed E-state index contributed by atoms with van der Waals surface area (Å²) in [4.78, 5) is 0. The van der Waals surface area contributed by atoms with Crippen LogP contribution in [0, 0.1) is 6.92 Å². The first kappa shape index (κ1) is 9.02. The number of imidazole rings is 1. The van der Waals surface area contributed by atoms with Gasteiger partial charge >= 0.3 is 13.1 Å². The lowest BCUT2D eigenvalue weighted by Gasteiger charge is -1.97. The summed E-state index contributed by atoms with van der Waals surface area (Å²) in [7, 11) is 0. The van der Waals surface area contributed by atoms with Crippen LogP contribution in [0.25, 0.3) is 0 Å². The molecule has 0 bridgehead atoms. The zero-order valence-corrected chi connectivity index (χ0v) is 6.22. The van der Waals surface area contributed by atoms with Gasteiger partial charge in [0.2, 0.25) is 0 Å². The molecule has 68 valence electrons. The van der Waals surface area contributed by atoms with Gasteiger partial charge in [0.25, 0.3) is 5.82 Å². The second kappa shape index (κ2) is 3.12. The van der Waals surface area contributed by atoms with Crippen molar-refractivity contribution >= 4 is 0 Å². The highest BCUT2D eigenvalue weighted by atomic mass is 19.3. The lowest BCUT2D eigenvalue weighted by atomic mass is 10.7. The van der Waals surface area contributed by atoms with E-state index in [1.807, 2.05) is 0 Å². The fourth-order valence-electron chi connectivity index (χ4n) is 0.905. The van der Waals surface area contributed by atoms with Crippen molar-refractivity contribution in [2.75, 3.05) is 0 Å². The molecular weight excluding hydrogens is 176 g/mol. The van der Waals surface area contributed by atoms with E-state index in [9.17, 15) is 17.6 Å². The average Bonchev–Trinajstić information content (AvgIpc) is 2.30. The fraction of sp³-hybridized carbons (Fsp3) is 0.500. The molecule has 0 saturated carbocycles. The highest BCUT2D eigenvalue weighted by molar-refractivity contribution is 4.79. The Morgan fingerprint density at radius 1 is 1.33 bits per heavy atom. The van der Waals surface area contributed by atoms with Crippen molar-refractivity contribution in [2.45, 2.75) is 20.0 Å². The zero-order valence-electron chi connectivity index (χ0n) is 6.22. The first-order valence-electron chi connectivity index (χ1n) is 3.19. The van der Waals surface area contributed by atoms with Crippen molar-refractivity contribution in [1.29, 1.82) is 0 Å². The fourth-order valence-corrected chi connectivity index (χ4v) is 0.905. The van der Waals surface area contributed by atoms with Gasteiger partial charge in [-0.05, 0) is 0 Å². The number of rotatable bonds is 2. The normalized spacial score (nSPS) is 11.6. The van der Waals surface area contributed by atoms with Gasteiger partial charge in [0.15, 0.2) is 0 Å². The largest absolute Gasteiger partial charge is 0.387 e. The van der Waals surface area contributed by atoms with Crippen LogP contribution in [0.4, 0.5) is 17.6 Å². The van der Waals surface area contributed by atoms with Crippen LogP contribution < -0.4 is 4.57 Å². The second-order valence-electron chi connectivity index (χ2n) is 2.22. The Morgan fingerprint density at radius 2 is 1.92 bits per heavy atom. The third kappa shape index (κ3) is 1.41. The van der Waals surface area contributed by atoms with Crippen LogP contribution in [0.15, 0.2) is 12.4 Å². The van der Waals surface area contributed by atoms with Crippen LogP contribution in [-0.2, 0) is 0 Å². The zero-order chi connectivity index (χ0) is 9.30. The molecule has 0 amide bonds. The van der Waals surface area contributed by atoms with Crippen molar-refractivity contribution in [1.82, 2.24) is 4.57 Å². The highest BCUT2D eigenvalue weighted by Gasteiger charge is 2.23. The number of halogens is 4. The number of alkyl halides is 4. The Balaban J connectivity index is 3.04. The van der Waals surface area contributed by atoms with Crippen molar-refractivity contribution < 1.29 is 22.1 Å². The molecule has 0 saturated heterocycles. The van der Waals surface area contributed by atoms with Crippen LogP contribution in [-0.4, -0.2) is 4.57 Å². The van der Waals surface area contributed by atoms with E-state index in [0.717, 1.165) is 12.4 Å². The van der Waals surface area contributed by atoms with Crippen molar-refractivity contribution in [3.8, 4) is 0 Å². The van der Waals surface area contributed by atoms with E-state index in [4.69, 9.17) is 0 Å². The van der Waals surface area contributed by atoms with Crippen molar-refractivity contribution in [3.05, 3.63) is 18.2 Å². The first-order valence-corrected chi connectivity index (χ1v) is 3.19. The minimum absolute atomic E-state index is 0.167. The second-order valence-corrected chi connectivity index (χ2v) is 2.22. The molecule has 1 aromatic rings. The highest BCUT2D eigenvalue weighted by Crippen LogP contribution is 2.12. The molecule has 0 radical (unpaired) electrons. The SMILES string of the molecule is Cc1n(C(F)F)cc[n+]1C(F)F. The summed E-state index contributed by atoms with van der Waals surface area (Å²) in [5.74, 6) is -0.167. The third-order valence-corrected chi connectivity index (χ3v) is 1.56. The minimum atomic E-state index is -2.77. The maximum Gasteiger partial charge on any atom is 0.387 e. The van der Waals surface area contributed by atoms with Crippen molar-refractivity contribution in [2.24, 2.45) is 0 Å². The van der Waals surface area contributed by atoms with Gasteiger partial charge in [-0.3, -0.25) is 0 Å². The van der Waals surface area contributed by atoms with Gasteiger partial charge in [-0.25, -0.2) is 0 Å². The van der Waals surface area contributed by atoms with E-state index in [1.54, 1.807) is 0 Å². The topological polar surface area (TPSA) is 8.81 Å². The van der Waals surface area contributed by atoms with E-state index in [2.05, 4.69) is 0 Å². The quantitative estimate of drug-likeness (QED) is 0.489. The van der Waals surface area contributed by atoms with E-state index in [0.29, 0.717) is 9.13 Å². The summed E-state index contributed by atoms with van der Waals surface area (Å²) < 4.78 is 49.0. The molecule has 0 atom stereocenters. The summed E-state index contributed by atoms with van der Waals surface area (Å²) in [6, 6.07) is 0. The van der Waals surface area contributed by atoms with Gasteiger partial charge in [-0.1, -0.05) is 0 Å². The molecule has 0 fully saturated rings. The molecule has 0 N–H and O–H groups in total. The molecule has 12 heavy (non-hydrogen) atoms. The van der Waals surface area contributed by atoms with E-state index < -0.39 is 13.1 Å². The number of nitrogens with zero attached hydrogens (tertiary/aromatic N) is 2. The lowest BCUT2D eigenvalue weighted by Crippen LogP contribution is -2.36. The molecule has 0 aliphatic carbocycles. The Labute approximate surface area is 66.0 Å². The predicted octanol–water partition coefficient (Wildman–Crippen LogP) is 1.87. The standard InChI is InChI=1S/C6H7F4N2/c1-4-11(5(7)8)2-3-12(4)6(9)10/h2-3,5-6H,1H3/q+1. The predicted molar refractivity (Wildman–Crippen MR) is 31.9 cm³/mol. The van der Waals surface area contributed by atoms with E-state index in [-0.39, 0.29) is 5.82 Å². The van der Waals surface area contributed by atoms with Crippen LogP contribution in [0.1, 0.15) is 18.9 Å². The number of hydrogen-bond donors (Lipinski definition) is 0. The van der Waals surface area contributed by atoms with Crippen LogP contribution in [0.3, 0.4) is 0 Å². The molecule has 0 aliphatic heterocycles. The molecule has 0 aliphatic rings. The average molecular weight is 183 g/mol. The Kier molecular flexibility index (Phi) is 2.35. The van der Waals surface area contributed by atoms with Gasteiger partial charge in [0.05, 0.1) is 0 Å². The lowest BCUT2D eigenvalue weighted by molar-refractivity contribution is -0.778.